The second-order valence-corrected chi connectivity index (χ2v) is 9.36. The molecule has 0 N–H and O–H groups in total. The highest BCUT2D eigenvalue weighted by Gasteiger charge is 2.31. The molecule has 0 amide bonds. The lowest BCUT2D eigenvalue weighted by Crippen LogP contribution is -2.31. The normalized spacial score (nSPS) is 13.1. The minimum atomic E-state index is -0.683. The van der Waals surface area contributed by atoms with Crippen LogP contribution in [0.1, 0.15) is 34.6 Å². The summed E-state index contributed by atoms with van der Waals surface area (Å²) in [5.74, 6) is 0. The third kappa shape index (κ3) is 9.25. The Labute approximate surface area is 140 Å². The lowest BCUT2D eigenvalue weighted by atomic mass is 9.91. The quantitative estimate of drug-likeness (QED) is 0.241. The Morgan fingerprint density at radius 3 is 2.41 bits per heavy atom. The molecule has 0 heterocycles. The second-order valence-electron chi connectivity index (χ2n) is 6.12. The Morgan fingerprint density at radius 1 is 1.23 bits per heavy atom. The van der Waals surface area contributed by atoms with Crippen LogP contribution in [0.2, 0.25) is 0 Å². The molecule has 7 heteroatoms. The summed E-state index contributed by atoms with van der Waals surface area (Å²) in [6.07, 6.45) is 0.808. The van der Waals surface area contributed by atoms with Gasteiger partial charge in [0, 0.05) is 10.7 Å². The third-order valence-electron chi connectivity index (χ3n) is 2.90. The number of hydrogen-bond acceptors (Lipinski definition) is 7. The van der Waals surface area contributed by atoms with Gasteiger partial charge in [0.2, 0.25) is 0 Å². The summed E-state index contributed by atoms with van der Waals surface area (Å²) in [7, 11) is 3.33. The van der Waals surface area contributed by atoms with Crippen molar-refractivity contribution in [2.75, 3.05) is 19.8 Å². The molecule has 0 aliphatic carbocycles. The van der Waals surface area contributed by atoms with Gasteiger partial charge in [0.15, 0.2) is 0 Å². The van der Waals surface area contributed by atoms with Crippen LogP contribution in [0, 0.1) is 5.41 Å². The van der Waals surface area contributed by atoms with E-state index in [0.717, 1.165) is 0 Å². The van der Waals surface area contributed by atoms with E-state index in [0.29, 0.717) is 13.1 Å². The van der Waals surface area contributed by atoms with E-state index in [-0.39, 0.29) is 28.6 Å². The molecule has 0 saturated carbocycles. The fourth-order valence-electron chi connectivity index (χ4n) is 1.12. The van der Waals surface area contributed by atoms with Gasteiger partial charge in [0.05, 0.1) is 4.75 Å². The monoisotopic (exact) mass is 350 g/mol. The number of ether oxygens (including phenoxy) is 3. The van der Waals surface area contributed by atoms with Gasteiger partial charge in [-0.1, -0.05) is 55.0 Å². The van der Waals surface area contributed by atoms with Gasteiger partial charge in [-0.2, -0.15) is 0 Å². The predicted octanol–water partition coefficient (Wildman–Crippen LogP) is 4.07. The molecule has 5 nitrogen and oxygen atoms in total. The first-order valence-corrected chi connectivity index (χ1v) is 9.16. The van der Waals surface area contributed by atoms with Crippen molar-refractivity contribution in [3.8, 4) is 0 Å². The van der Waals surface area contributed by atoms with Crippen LogP contribution in [0.5, 0.6) is 0 Å². The van der Waals surface area contributed by atoms with Gasteiger partial charge in [-0.15, -0.1) is 0 Å². The van der Waals surface area contributed by atoms with Gasteiger partial charge in [0.25, 0.3) is 6.47 Å². The molecule has 0 aromatic carbocycles. The predicted molar refractivity (Wildman–Crippen MR) is 92.0 cm³/mol. The van der Waals surface area contributed by atoms with Crippen molar-refractivity contribution in [3.63, 3.8) is 0 Å². The SMILES string of the molecule is C=CCOC(=O)OCC(C)(C)C(C)SSC(C)(C)COC=O. The van der Waals surface area contributed by atoms with Gasteiger partial charge >= 0.3 is 6.16 Å². The Kier molecular flexibility index (Phi) is 9.67. The molecule has 1 unspecified atom stereocenters. The van der Waals surface area contributed by atoms with Crippen LogP contribution in [0.4, 0.5) is 4.79 Å². The first-order valence-electron chi connectivity index (χ1n) is 6.95. The molecule has 0 aromatic heterocycles. The maximum atomic E-state index is 11.4. The minimum Gasteiger partial charge on any atom is -0.466 e. The average Bonchev–Trinajstić information content (AvgIpc) is 2.46. The molecule has 0 radical (unpaired) electrons. The molecule has 0 rings (SSSR count). The molecule has 22 heavy (non-hydrogen) atoms. The zero-order chi connectivity index (χ0) is 17.2. The van der Waals surface area contributed by atoms with Crippen LogP contribution in [0.15, 0.2) is 12.7 Å². The molecule has 0 aliphatic heterocycles. The molecule has 128 valence electrons. The van der Waals surface area contributed by atoms with Crippen LogP contribution < -0.4 is 0 Å². The zero-order valence-corrected chi connectivity index (χ0v) is 15.6. The van der Waals surface area contributed by atoms with Crippen molar-refractivity contribution in [3.05, 3.63) is 12.7 Å². The first kappa shape index (κ1) is 21.2. The fraction of sp³-hybridized carbons (Fsp3) is 0.733. The molecular formula is C15H26O5S2. The molecule has 0 aliphatic rings. The topological polar surface area (TPSA) is 61.8 Å². The Balaban J connectivity index is 4.26. The summed E-state index contributed by atoms with van der Waals surface area (Å²) >= 11 is 0. The smallest absolute Gasteiger partial charge is 0.466 e. The second kappa shape index (κ2) is 10.0. The van der Waals surface area contributed by atoms with E-state index in [1.165, 1.54) is 6.08 Å². The van der Waals surface area contributed by atoms with Crippen LogP contribution in [-0.4, -0.2) is 42.4 Å². The highest BCUT2D eigenvalue weighted by molar-refractivity contribution is 8.77. The van der Waals surface area contributed by atoms with E-state index in [4.69, 9.17) is 14.2 Å². The van der Waals surface area contributed by atoms with Crippen molar-refractivity contribution in [2.24, 2.45) is 5.41 Å². The van der Waals surface area contributed by atoms with E-state index >= 15 is 0 Å². The molecular weight excluding hydrogens is 324 g/mol. The summed E-state index contributed by atoms with van der Waals surface area (Å²) in [6, 6.07) is 0. The highest BCUT2D eigenvalue weighted by atomic mass is 33.1. The fourth-order valence-corrected chi connectivity index (χ4v) is 4.11. The largest absolute Gasteiger partial charge is 0.508 e. The van der Waals surface area contributed by atoms with Gasteiger partial charge in [-0.3, -0.25) is 4.79 Å². The van der Waals surface area contributed by atoms with Gasteiger partial charge in [0.1, 0.15) is 19.8 Å². The Morgan fingerprint density at radius 2 is 1.86 bits per heavy atom. The van der Waals surface area contributed by atoms with E-state index in [9.17, 15) is 9.59 Å². The Hall–Kier alpha value is -0.820. The lowest BCUT2D eigenvalue weighted by Gasteiger charge is -2.32. The van der Waals surface area contributed by atoms with Crippen molar-refractivity contribution >= 4 is 34.2 Å². The van der Waals surface area contributed by atoms with Crippen LogP contribution >= 0.6 is 21.6 Å². The average molecular weight is 351 g/mol. The van der Waals surface area contributed by atoms with Crippen LogP contribution in [0.3, 0.4) is 0 Å². The maximum absolute atomic E-state index is 11.4. The summed E-state index contributed by atoms with van der Waals surface area (Å²) in [5, 5.41) is 0.222. The van der Waals surface area contributed by atoms with Gasteiger partial charge in [-0.05, 0) is 13.8 Å². The lowest BCUT2D eigenvalue weighted by molar-refractivity contribution is -0.129. The Bertz CT molecular complexity index is 369. The number of carbonyl (C=O) groups is 2. The molecule has 0 saturated heterocycles. The third-order valence-corrected chi connectivity index (χ3v) is 7.00. The van der Waals surface area contributed by atoms with E-state index in [1.54, 1.807) is 21.6 Å². The summed E-state index contributed by atoms with van der Waals surface area (Å²) in [4.78, 5) is 21.6. The van der Waals surface area contributed by atoms with Gasteiger partial charge in [-0.25, -0.2) is 4.79 Å². The van der Waals surface area contributed by atoms with E-state index in [1.807, 2.05) is 27.7 Å². The maximum Gasteiger partial charge on any atom is 0.508 e. The molecule has 1 atom stereocenters. The van der Waals surface area contributed by atoms with Crippen molar-refractivity contribution in [1.29, 1.82) is 0 Å². The number of rotatable bonds is 11. The molecule has 0 bridgehead atoms. The summed E-state index contributed by atoms with van der Waals surface area (Å²) in [5.41, 5.74) is -0.216. The van der Waals surface area contributed by atoms with Crippen molar-refractivity contribution in [2.45, 2.75) is 44.6 Å². The minimum absolute atomic E-state index is 0.143. The van der Waals surface area contributed by atoms with Crippen molar-refractivity contribution < 1.29 is 23.8 Å². The standard InChI is InChI=1S/C15H26O5S2/c1-7-8-19-13(17)20-9-14(3,4)12(2)21-22-15(5,6)10-18-11-16/h7,11-12H,1,8-10H2,2-6H3. The van der Waals surface area contributed by atoms with E-state index in [2.05, 4.69) is 13.5 Å². The molecule has 0 aromatic rings. The summed E-state index contributed by atoms with van der Waals surface area (Å²) < 4.78 is 14.6. The van der Waals surface area contributed by atoms with Crippen molar-refractivity contribution in [1.82, 2.24) is 0 Å². The van der Waals surface area contributed by atoms with Crippen LogP contribution in [-0.2, 0) is 19.0 Å². The number of carbonyl (C=O) groups excluding carboxylic acids is 2. The highest BCUT2D eigenvalue weighted by Crippen LogP contribution is 2.44. The van der Waals surface area contributed by atoms with Crippen LogP contribution in [0.25, 0.3) is 0 Å². The van der Waals surface area contributed by atoms with E-state index < -0.39 is 6.16 Å². The first-order chi connectivity index (χ1) is 10.1. The van der Waals surface area contributed by atoms with Gasteiger partial charge < -0.3 is 14.2 Å². The molecule has 0 spiro atoms. The summed E-state index contributed by atoms with van der Waals surface area (Å²) in [6.45, 7) is 14.8. The number of hydrogen-bond donors (Lipinski definition) is 0. The zero-order valence-electron chi connectivity index (χ0n) is 13.9. The molecule has 0 fully saturated rings.